The average Bonchev–Trinajstić information content (AvgIpc) is 2.01. The molecule has 2 N–H and O–H groups in total. The molecule has 0 aromatic heterocycles. The van der Waals surface area contributed by atoms with Crippen LogP contribution in [0.5, 0.6) is 0 Å². The average molecular weight is 192 g/mol. The van der Waals surface area contributed by atoms with Crippen LogP contribution in [0.3, 0.4) is 0 Å². The highest BCUT2D eigenvalue weighted by atomic mass is 19.4. The number of hydrogen-bond acceptors (Lipinski definition) is 1. The maximum atomic E-state index is 12.7. The van der Waals surface area contributed by atoms with Crippen LogP contribution in [0.4, 0.5) is 17.6 Å². The number of hydrogen-bond donors (Lipinski definition) is 1. The van der Waals surface area contributed by atoms with Crippen molar-refractivity contribution in [3.8, 4) is 0 Å². The summed E-state index contributed by atoms with van der Waals surface area (Å²) >= 11 is 0. The fraction of sp³-hybridized carbons (Fsp3) is 0.250. The molecular formula is C8H6F4N. The molecule has 0 unspecified atom stereocenters. The van der Waals surface area contributed by atoms with Crippen LogP contribution in [0, 0.1) is 11.9 Å². The second kappa shape index (κ2) is 3.33. The van der Waals surface area contributed by atoms with Gasteiger partial charge in [0.25, 0.3) is 0 Å². The lowest BCUT2D eigenvalue weighted by molar-refractivity contribution is -0.140. The van der Waals surface area contributed by atoms with E-state index in [1.807, 2.05) is 0 Å². The number of benzene rings is 1. The molecule has 0 heterocycles. The zero-order valence-corrected chi connectivity index (χ0v) is 6.45. The molecule has 1 aromatic carbocycles. The summed E-state index contributed by atoms with van der Waals surface area (Å²) in [5, 5.41) is 0. The van der Waals surface area contributed by atoms with Crippen LogP contribution in [-0.2, 0) is 12.7 Å². The Hall–Kier alpha value is -1.10. The molecule has 0 amide bonds. The summed E-state index contributed by atoms with van der Waals surface area (Å²) in [5.41, 5.74) is 3.45. The van der Waals surface area contributed by atoms with E-state index < -0.39 is 17.6 Å². The first kappa shape index (κ1) is 9.98. The Morgan fingerprint density at radius 2 is 1.92 bits per heavy atom. The van der Waals surface area contributed by atoms with E-state index in [-0.39, 0.29) is 12.1 Å². The Kier molecular flexibility index (Phi) is 2.56. The zero-order valence-electron chi connectivity index (χ0n) is 6.45. The minimum atomic E-state index is -4.70. The number of rotatable bonds is 1. The van der Waals surface area contributed by atoms with E-state index in [9.17, 15) is 17.6 Å². The molecule has 71 valence electrons. The van der Waals surface area contributed by atoms with Gasteiger partial charge in [0, 0.05) is 6.54 Å². The van der Waals surface area contributed by atoms with Gasteiger partial charge >= 0.3 is 6.18 Å². The van der Waals surface area contributed by atoms with Crippen molar-refractivity contribution in [3.05, 3.63) is 35.1 Å². The Balaban J connectivity index is 3.32. The van der Waals surface area contributed by atoms with Crippen LogP contribution in [0.1, 0.15) is 11.1 Å². The van der Waals surface area contributed by atoms with E-state index in [4.69, 9.17) is 5.73 Å². The van der Waals surface area contributed by atoms with Crippen LogP contribution in [-0.4, -0.2) is 0 Å². The molecule has 0 aliphatic carbocycles. The third-order valence-electron chi connectivity index (χ3n) is 1.53. The summed E-state index contributed by atoms with van der Waals surface area (Å²) in [5.74, 6) is -1.34. The summed E-state index contributed by atoms with van der Waals surface area (Å²) in [6.07, 6.45) is -4.70. The van der Waals surface area contributed by atoms with E-state index >= 15 is 0 Å². The van der Waals surface area contributed by atoms with Crippen molar-refractivity contribution in [3.63, 3.8) is 0 Å². The third-order valence-corrected chi connectivity index (χ3v) is 1.53. The molecule has 0 aliphatic heterocycles. The van der Waals surface area contributed by atoms with E-state index in [2.05, 4.69) is 6.07 Å². The van der Waals surface area contributed by atoms with Crippen molar-refractivity contribution < 1.29 is 17.6 Å². The Morgan fingerprint density at radius 1 is 1.31 bits per heavy atom. The van der Waals surface area contributed by atoms with E-state index in [0.717, 1.165) is 6.07 Å². The maximum absolute atomic E-state index is 12.7. The second-order valence-electron chi connectivity index (χ2n) is 2.41. The smallest absolute Gasteiger partial charge is 0.326 e. The molecule has 1 radical (unpaired) electrons. The lowest BCUT2D eigenvalue weighted by Gasteiger charge is -2.11. The SMILES string of the molecule is NCc1c[c]cc(F)c1C(F)(F)F. The molecule has 1 rings (SSSR count). The Bertz CT molecular complexity index is 306. The second-order valence-corrected chi connectivity index (χ2v) is 2.41. The predicted molar refractivity (Wildman–Crippen MR) is 38.1 cm³/mol. The van der Waals surface area contributed by atoms with E-state index in [1.165, 1.54) is 0 Å². The normalized spacial score (nSPS) is 11.8. The first-order chi connectivity index (χ1) is 5.96. The monoisotopic (exact) mass is 192 g/mol. The van der Waals surface area contributed by atoms with Crippen LogP contribution in [0.25, 0.3) is 0 Å². The van der Waals surface area contributed by atoms with Crippen LogP contribution >= 0.6 is 0 Å². The highest BCUT2D eigenvalue weighted by Crippen LogP contribution is 2.33. The summed E-state index contributed by atoms with van der Waals surface area (Å²) in [6.45, 7) is -0.358. The number of alkyl halides is 3. The van der Waals surface area contributed by atoms with Crippen molar-refractivity contribution in [1.82, 2.24) is 0 Å². The van der Waals surface area contributed by atoms with E-state index in [0.29, 0.717) is 6.07 Å². The first-order valence-electron chi connectivity index (χ1n) is 3.42. The molecule has 0 saturated heterocycles. The standard InChI is InChI=1S/C8H6F4N/c9-6-3-1-2-5(4-13)7(6)8(10,11)12/h2-3H,4,13H2. The molecule has 13 heavy (non-hydrogen) atoms. The molecule has 0 aliphatic rings. The fourth-order valence-corrected chi connectivity index (χ4v) is 0.992. The Labute approximate surface area is 72.2 Å². The van der Waals surface area contributed by atoms with Gasteiger partial charge in [-0.05, 0) is 23.8 Å². The highest BCUT2D eigenvalue weighted by Gasteiger charge is 2.36. The quantitative estimate of drug-likeness (QED) is 0.677. The van der Waals surface area contributed by atoms with Crippen molar-refractivity contribution in [1.29, 1.82) is 0 Å². The molecule has 0 saturated carbocycles. The van der Waals surface area contributed by atoms with Gasteiger partial charge in [-0.2, -0.15) is 13.2 Å². The van der Waals surface area contributed by atoms with Crippen molar-refractivity contribution in [2.75, 3.05) is 0 Å². The van der Waals surface area contributed by atoms with Gasteiger partial charge in [-0.15, -0.1) is 0 Å². The molecule has 1 nitrogen and oxygen atoms in total. The zero-order chi connectivity index (χ0) is 10.1. The lowest BCUT2D eigenvalue weighted by atomic mass is 10.1. The van der Waals surface area contributed by atoms with Crippen molar-refractivity contribution >= 4 is 0 Å². The topological polar surface area (TPSA) is 26.0 Å². The van der Waals surface area contributed by atoms with Crippen molar-refractivity contribution in [2.24, 2.45) is 5.73 Å². The number of nitrogens with two attached hydrogens (primary N) is 1. The minimum Gasteiger partial charge on any atom is -0.326 e. The summed E-state index contributed by atoms with van der Waals surface area (Å²) in [4.78, 5) is 0. The summed E-state index contributed by atoms with van der Waals surface area (Å²) in [6, 6.07) is 3.91. The van der Waals surface area contributed by atoms with Crippen molar-refractivity contribution in [2.45, 2.75) is 12.7 Å². The van der Waals surface area contributed by atoms with Gasteiger partial charge in [0.2, 0.25) is 0 Å². The summed E-state index contributed by atoms with van der Waals surface area (Å²) < 4.78 is 49.3. The van der Waals surface area contributed by atoms with E-state index in [1.54, 1.807) is 0 Å². The van der Waals surface area contributed by atoms with Gasteiger partial charge in [0.15, 0.2) is 0 Å². The Morgan fingerprint density at radius 3 is 2.31 bits per heavy atom. The van der Waals surface area contributed by atoms with Crippen LogP contribution < -0.4 is 5.73 Å². The van der Waals surface area contributed by atoms with Gasteiger partial charge in [-0.25, -0.2) is 4.39 Å². The van der Waals surface area contributed by atoms with Gasteiger partial charge in [0.05, 0.1) is 5.56 Å². The van der Waals surface area contributed by atoms with Gasteiger partial charge in [-0.1, -0.05) is 0 Å². The largest absolute Gasteiger partial charge is 0.419 e. The summed E-state index contributed by atoms with van der Waals surface area (Å²) in [7, 11) is 0. The fourth-order valence-electron chi connectivity index (χ4n) is 0.992. The minimum absolute atomic E-state index is 0.285. The van der Waals surface area contributed by atoms with Gasteiger partial charge < -0.3 is 5.73 Å². The molecule has 5 heteroatoms. The first-order valence-corrected chi connectivity index (χ1v) is 3.42. The third kappa shape index (κ3) is 1.98. The molecular weight excluding hydrogens is 186 g/mol. The predicted octanol–water partition coefficient (Wildman–Crippen LogP) is 2.10. The molecule has 0 fully saturated rings. The molecule has 0 spiro atoms. The molecule has 0 bridgehead atoms. The molecule has 1 aromatic rings. The maximum Gasteiger partial charge on any atom is 0.419 e. The lowest BCUT2D eigenvalue weighted by Crippen LogP contribution is -2.14. The van der Waals surface area contributed by atoms with Crippen LogP contribution in [0.15, 0.2) is 12.1 Å². The number of halogens is 4. The van der Waals surface area contributed by atoms with Crippen LogP contribution in [0.2, 0.25) is 0 Å². The highest BCUT2D eigenvalue weighted by molar-refractivity contribution is 5.30. The molecule has 0 atom stereocenters. The van der Waals surface area contributed by atoms with Gasteiger partial charge in [0.1, 0.15) is 5.82 Å². The van der Waals surface area contributed by atoms with Gasteiger partial charge in [-0.3, -0.25) is 0 Å².